The van der Waals surface area contributed by atoms with Crippen molar-refractivity contribution >= 4 is 19.8 Å². The van der Waals surface area contributed by atoms with E-state index < -0.39 is 26.5 Å². The summed E-state index contributed by atoms with van der Waals surface area (Å²) in [5, 5.41) is 0. The summed E-state index contributed by atoms with van der Waals surface area (Å²) in [6.45, 7) is 4.30. The van der Waals surface area contributed by atoms with Gasteiger partial charge < -0.3 is 19.3 Å². The Labute approximate surface area is 326 Å². The van der Waals surface area contributed by atoms with Gasteiger partial charge in [0.1, 0.15) is 6.61 Å². The number of esters is 2. The van der Waals surface area contributed by atoms with Crippen molar-refractivity contribution in [2.24, 2.45) is 0 Å². The summed E-state index contributed by atoms with van der Waals surface area (Å²) >= 11 is 0. The van der Waals surface area contributed by atoms with E-state index in [0.29, 0.717) is 13.0 Å². The molecule has 0 amide bonds. The summed E-state index contributed by atoms with van der Waals surface area (Å²) in [6.07, 6.45) is 39.3. The van der Waals surface area contributed by atoms with E-state index in [1.54, 1.807) is 0 Å². The number of rotatable bonds is 40. The van der Waals surface area contributed by atoms with Crippen LogP contribution in [-0.4, -0.2) is 68.3 Å². The fourth-order valence-electron chi connectivity index (χ4n) is 5.85. The molecule has 0 rings (SSSR count). The van der Waals surface area contributed by atoms with Crippen molar-refractivity contribution in [1.82, 2.24) is 4.90 Å². The van der Waals surface area contributed by atoms with Crippen molar-refractivity contribution in [3.8, 4) is 0 Å². The molecule has 0 radical (unpaired) electrons. The van der Waals surface area contributed by atoms with Crippen LogP contribution in [0.15, 0.2) is 24.3 Å². The fourth-order valence-corrected chi connectivity index (χ4v) is 6.59. The molecule has 1 N–H and O–H groups in total. The topological polar surface area (TPSA) is 112 Å². The third kappa shape index (κ3) is 40.0. The zero-order chi connectivity index (χ0) is 39.1. The van der Waals surface area contributed by atoms with Gasteiger partial charge in [-0.15, -0.1) is 0 Å². The lowest BCUT2D eigenvalue weighted by atomic mass is 10.1. The first-order chi connectivity index (χ1) is 25.7. The molecule has 0 heterocycles. The molecule has 0 aromatic rings. The van der Waals surface area contributed by atoms with E-state index in [-0.39, 0.29) is 32.0 Å². The van der Waals surface area contributed by atoms with Crippen LogP contribution in [0.5, 0.6) is 0 Å². The number of allylic oxidation sites excluding steroid dienone is 4. The Kier molecular flexibility index (Phi) is 37.6. The van der Waals surface area contributed by atoms with E-state index >= 15 is 0 Å². The highest BCUT2D eigenvalue weighted by atomic mass is 31.2. The molecule has 2 unspecified atom stereocenters. The average Bonchev–Trinajstić information content (AvgIpc) is 3.12. The van der Waals surface area contributed by atoms with E-state index in [1.165, 1.54) is 89.9 Å². The summed E-state index contributed by atoms with van der Waals surface area (Å²) in [6, 6.07) is 0. The largest absolute Gasteiger partial charge is 0.472 e. The van der Waals surface area contributed by atoms with Crippen molar-refractivity contribution in [3.63, 3.8) is 0 Å². The quantitative estimate of drug-likeness (QED) is 0.0281. The van der Waals surface area contributed by atoms with Gasteiger partial charge in [-0.1, -0.05) is 141 Å². The smallest absolute Gasteiger partial charge is 0.462 e. The normalized spacial score (nSPS) is 13.6. The fraction of sp³-hybridized carbons (Fsp3) is 0.860. The minimum atomic E-state index is -4.36. The number of phosphoric acid groups is 1. The molecule has 312 valence electrons. The lowest BCUT2D eigenvalue weighted by Crippen LogP contribution is -2.29. The average molecular weight is 772 g/mol. The number of unbranched alkanes of at least 4 members (excludes halogenated alkanes) is 22. The maximum Gasteiger partial charge on any atom is 0.472 e. The molecule has 0 bridgehead atoms. The molecule has 2 atom stereocenters. The highest BCUT2D eigenvalue weighted by Crippen LogP contribution is 2.43. The first-order valence-electron chi connectivity index (χ1n) is 21.6. The zero-order valence-corrected chi connectivity index (χ0v) is 35.6. The minimum absolute atomic E-state index is 0.00561. The van der Waals surface area contributed by atoms with Crippen LogP contribution in [0.1, 0.15) is 194 Å². The van der Waals surface area contributed by atoms with Gasteiger partial charge in [0.05, 0.1) is 13.2 Å². The summed E-state index contributed by atoms with van der Waals surface area (Å²) in [5.74, 6) is -0.818. The van der Waals surface area contributed by atoms with Crippen LogP contribution >= 0.6 is 7.82 Å². The van der Waals surface area contributed by atoms with Crippen LogP contribution in [0, 0.1) is 0 Å². The minimum Gasteiger partial charge on any atom is -0.462 e. The van der Waals surface area contributed by atoms with Crippen molar-refractivity contribution in [1.29, 1.82) is 0 Å². The van der Waals surface area contributed by atoms with Gasteiger partial charge in [0, 0.05) is 19.4 Å². The number of ether oxygens (including phenoxy) is 2. The predicted octanol–water partition coefficient (Wildman–Crippen LogP) is 12.2. The lowest BCUT2D eigenvalue weighted by molar-refractivity contribution is -0.161. The molecule has 53 heavy (non-hydrogen) atoms. The van der Waals surface area contributed by atoms with E-state index in [4.69, 9.17) is 18.5 Å². The van der Waals surface area contributed by atoms with Gasteiger partial charge in [-0.25, -0.2) is 4.57 Å². The number of carbonyl (C=O) groups excluding carboxylic acids is 2. The van der Waals surface area contributed by atoms with Gasteiger partial charge in [0.25, 0.3) is 0 Å². The first-order valence-corrected chi connectivity index (χ1v) is 23.1. The molecule has 0 aliphatic carbocycles. The van der Waals surface area contributed by atoms with Crippen LogP contribution < -0.4 is 0 Å². The Balaban J connectivity index is 4.32. The lowest BCUT2D eigenvalue weighted by Gasteiger charge is -2.20. The van der Waals surface area contributed by atoms with Crippen LogP contribution in [-0.2, 0) is 32.7 Å². The second kappa shape index (κ2) is 38.8. The first kappa shape index (κ1) is 51.5. The van der Waals surface area contributed by atoms with Gasteiger partial charge >= 0.3 is 19.8 Å². The predicted molar refractivity (Wildman–Crippen MR) is 220 cm³/mol. The van der Waals surface area contributed by atoms with Gasteiger partial charge in [-0.3, -0.25) is 18.6 Å². The van der Waals surface area contributed by atoms with Crippen LogP contribution in [0.4, 0.5) is 0 Å². The van der Waals surface area contributed by atoms with Crippen molar-refractivity contribution in [2.45, 2.75) is 200 Å². The summed E-state index contributed by atoms with van der Waals surface area (Å²) in [7, 11) is -0.715. The number of hydrogen-bond donors (Lipinski definition) is 1. The summed E-state index contributed by atoms with van der Waals surface area (Å²) in [4.78, 5) is 37.0. The SMILES string of the molecule is CCCCCCCCC=CCCCCCCCC(=O)OCC(COP(=O)(O)OCCN(C)C)OC(=O)CCCCCCCC=CCCCCCCCC. The second-order valence-corrected chi connectivity index (χ2v) is 16.3. The Bertz CT molecular complexity index is 941. The molecule has 0 saturated carbocycles. The molecular weight excluding hydrogens is 689 g/mol. The Morgan fingerprint density at radius 3 is 1.40 bits per heavy atom. The Hall–Kier alpha value is -1.51. The highest BCUT2D eigenvalue weighted by molar-refractivity contribution is 7.47. The van der Waals surface area contributed by atoms with E-state index in [0.717, 1.165) is 70.6 Å². The highest BCUT2D eigenvalue weighted by Gasteiger charge is 2.26. The monoisotopic (exact) mass is 772 g/mol. The number of hydrogen-bond acceptors (Lipinski definition) is 8. The molecule has 10 heteroatoms. The third-order valence-corrected chi connectivity index (χ3v) is 10.2. The van der Waals surface area contributed by atoms with E-state index in [2.05, 4.69) is 38.2 Å². The number of likely N-dealkylation sites (N-methyl/N-ethyl adjacent to an activating group) is 1. The summed E-state index contributed by atoms with van der Waals surface area (Å²) < 4.78 is 33.4. The van der Waals surface area contributed by atoms with Crippen LogP contribution in [0.25, 0.3) is 0 Å². The molecule has 9 nitrogen and oxygen atoms in total. The van der Waals surface area contributed by atoms with Gasteiger partial charge in [-0.2, -0.15) is 0 Å². The number of carbonyl (C=O) groups is 2. The van der Waals surface area contributed by atoms with Crippen molar-refractivity contribution in [3.05, 3.63) is 24.3 Å². The zero-order valence-electron chi connectivity index (χ0n) is 34.7. The molecule has 0 saturated heterocycles. The molecule has 0 aliphatic heterocycles. The van der Waals surface area contributed by atoms with Crippen LogP contribution in [0.3, 0.4) is 0 Å². The maximum absolute atomic E-state index is 12.6. The number of phosphoric ester groups is 1. The van der Waals surface area contributed by atoms with Crippen molar-refractivity contribution in [2.75, 3.05) is 40.5 Å². The second-order valence-electron chi connectivity index (χ2n) is 14.9. The molecule has 0 aromatic heterocycles. The van der Waals surface area contributed by atoms with Gasteiger partial charge in [0.2, 0.25) is 0 Å². The molecule has 0 spiro atoms. The van der Waals surface area contributed by atoms with Gasteiger partial charge in [0.15, 0.2) is 6.10 Å². The molecule has 0 aliphatic rings. The molecule has 0 fully saturated rings. The van der Waals surface area contributed by atoms with Crippen molar-refractivity contribution < 1.29 is 37.6 Å². The Morgan fingerprint density at radius 1 is 0.566 bits per heavy atom. The third-order valence-electron chi connectivity index (χ3n) is 9.23. The van der Waals surface area contributed by atoms with E-state index in [9.17, 15) is 19.0 Å². The van der Waals surface area contributed by atoms with Crippen LogP contribution in [0.2, 0.25) is 0 Å². The summed E-state index contributed by atoms with van der Waals surface area (Å²) in [5.41, 5.74) is 0. The molecular formula is C43H82NO8P. The standard InChI is InChI=1S/C43H82NO8P/c1-5-7-9-11-13-15-17-19-21-23-25-27-29-31-33-35-42(45)49-39-41(40-51-53(47,48)50-38-37-44(3)4)52-43(46)36-34-32-30-28-26-24-22-20-18-16-14-12-10-8-6-2/h19-22,41H,5-18,23-40H2,1-4H3,(H,47,48). The van der Waals surface area contributed by atoms with Gasteiger partial charge in [-0.05, 0) is 78.3 Å². The molecule has 0 aromatic carbocycles. The number of nitrogens with zero attached hydrogens (tertiary/aromatic N) is 1. The maximum atomic E-state index is 12.6. The Morgan fingerprint density at radius 2 is 0.962 bits per heavy atom. The van der Waals surface area contributed by atoms with E-state index in [1.807, 2.05) is 19.0 Å².